The van der Waals surface area contributed by atoms with Crippen LogP contribution in [-0.2, 0) is 6.54 Å². The maximum Gasteiger partial charge on any atom is 0.137 e. The fourth-order valence-corrected chi connectivity index (χ4v) is 1.72. The predicted molar refractivity (Wildman–Crippen MR) is 72.1 cm³/mol. The minimum Gasteiger partial charge on any atom is -0.348 e. The van der Waals surface area contributed by atoms with Crippen LogP contribution in [0.15, 0.2) is 25.2 Å². The zero-order chi connectivity index (χ0) is 12.9. The highest BCUT2D eigenvalue weighted by Gasteiger charge is 2.23. The first kappa shape index (κ1) is 13.6. The van der Waals surface area contributed by atoms with Gasteiger partial charge in [0.2, 0.25) is 0 Å². The van der Waals surface area contributed by atoms with E-state index >= 15 is 0 Å². The van der Waals surface area contributed by atoms with E-state index in [-0.39, 0.29) is 5.54 Å². The van der Waals surface area contributed by atoms with Crippen LogP contribution in [-0.4, -0.2) is 29.1 Å². The van der Waals surface area contributed by atoms with Crippen molar-refractivity contribution in [3.05, 3.63) is 30.7 Å². The Morgan fingerprint density at radius 2 is 2.18 bits per heavy atom. The van der Waals surface area contributed by atoms with Crippen molar-refractivity contribution in [1.82, 2.24) is 15.3 Å². The summed E-state index contributed by atoms with van der Waals surface area (Å²) in [5.41, 5.74) is 1.11. The second-order valence-corrected chi connectivity index (χ2v) is 4.97. The zero-order valence-corrected chi connectivity index (χ0v) is 11.2. The van der Waals surface area contributed by atoms with Crippen LogP contribution >= 0.6 is 0 Å². The molecule has 0 aliphatic carbocycles. The molecule has 1 N–H and O–H groups in total. The Morgan fingerprint density at radius 3 is 2.71 bits per heavy atom. The molecule has 0 aliphatic heterocycles. The number of anilines is 1. The highest BCUT2D eigenvalue weighted by Crippen LogP contribution is 2.24. The molecule has 0 fully saturated rings. The monoisotopic (exact) mass is 234 g/mol. The van der Waals surface area contributed by atoms with Crippen LogP contribution in [0.3, 0.4) is 0 Å². The highest BCUT2D eigenvalue weighted by atomic mass is 15.2. The molecule has 1 aromatic heterocycles. The number of rotatable bonds is 5. The first-order chi connectivity index (χ1) is 8.00. The zero-order valence-electron chi connectivity index (χ0n) is 11.2. The molecule has 0 aliphatic rings. The summed E-state index contributed by atoms with van der Waals surface area (Å²) in [5.74, 6) is 0.974. The molecular formula is C13H22N4. The number of hydrogen-bond acceptors (Lipinski definition) is 4. The Balaban J connectivity index is 3.13. The summed E-state index contributed by atoms with van der Waals surface area (Å²) in [6.45, 7) is 11.9. The van der Waals surface area contributed by atoms with Crippen molar-refractivity contribution in [1.29, 1.82) is 0 Å². The number of hydrogen-bond donors (Lipinski definition) is 1. The molecule has 0 saturated carbocycles. The third-order valence-electron chi connectivity index (χ3n) is 2.51. The summed E-state index contributed by atoms with van der Waals surface area (Å²) in [6, 6.07) is 0. The van der Waals surface area contributed by atoms with Crippen LogP contribution in [0.2, 0.25) is 0 Å². The number of aromatic nitrogens is 2. The van der Waals surface area contributed by atoms with Gasteiger partial charge in [0.25, 0.3) is 0 Å². The van der Waals surface area contributed by atoms with Gasteiger partial charge in [-0.3, -0.25) is 0 Å². The Morgan fingerprint density at radius 1 is 1.47 bits per heavy atom. The van der Waals surface area contributed by atoms with Gasteiger partial charge in [0.05, 0.1) is 0 Å². The fourth-order valence-electron chi connectivity index (χ4n) is 1.72. The topological polar surface area (TPSA) is 41.1 Å². The Hall–Kier alpha value is -1.42. The molecule has 4 nitrogen and oxygen atoms in total. The molecule has 1 aromatic rings. The molecule has 94 valence electrons. The van der Waals surface area contributed by atoms with Crippen molar-refractivity contribution in [2.24, 2.45) is 0 Å². The summed E-state index contributed by atoms with van der Waals surface area (Å²) in [4.78, 5) is 10.7. The SMILES string of the molecule is C=CCN(c1ncncc1CNC)C(C)(C)C. The van der Waals surface area contributed by atoms with E-state index in [4.69, 9.17) is 0 Å². The summed E-state index contributed by atoms with van der Waals surface area (Å²) < 4.78 is 0. The normalized spacial score (nSPS) is 11.3. The van der Waals surface area contributed by atoms with E-state index < -0.39 is 0 Å². The van der Waals surface area contributed by atoms with Gasteiger partial charge in [0.15, 0.2) is 0 Å². The lowest BCUT2D eigenvalue weighted by molar-refractivity contribution is 0.514. The molecule has 4 heteroatoms. The maximum absolute atomic E-state index is 4.41. The molecular weight excluding hydrogens is 212 g/mol. The lowest BCUT2D eigenvalue weighted by Crippen LogP contribution is -2.43. The van der Waals surface area contributed by atoms with E-state index in [0.29, 0.717) is 0 Å². The van der Waals surface area contributed by atoms with E-state index in [1.54, 1.807) is 6.33 Å². The van der Waals surface area contributed by atoms with Crippen LogP contribution < -0.4 is 10.2 Å². The molecule has 17 heavy (non-hydrogen) atoms. The van der Waals surface area contributed by atoms with Crippen molar-refractivity contribution in [2.45, 2.75) is 32.9 Å². The van der Waals surface area contributed by atoms with E-state index in [0.717, 1.165) is 24.5 Å². The van der Waals surface area contributed by atoms with Gasteiger partial charge in [-0.05, 0) is 27.8 Å². The summed E-state index contributed by atoms with van der Waals surface area (Å²) in [7, 11) is 1.92. The van der Waals surface area contributed by atoms with Crippen LogP contribution in [0.4, 0.5) is 5.82 Å². The molecule has 0 unspecified atom stereocenters. The average molecular weight is 234 g/mol. The predicted octanol–water partition coefficient (Wildman–Crippen LogP) is 1.99. The smallest absolute Gasteiger partial charge is 0.137 e. The largest absolute Gasteiger partial charge is 0.348 e. The van der Waals surface area contributed by atoms with Gasteiger partial charge < -0.3 is 10.2 Å². The Kier molecular flexibility index (Phi) is 4.63. The molecule has 0 saturated heterocycles. The van der Waals surface area contributed by atoms with Gasteiger partial charge in [0.1, 0.15) is 12.1 Å². The molecule has 0 atom stereocenters. The molecule has 1 heterocycles. The fraction of sp³-hybridized carbons (Fsp3) is 0.538. The summed E-state index contributed by atoms with van der Waals surface area (Å²) in [5, 5.41) is 3.14. The summed E-state index contributed by atoms with van der Waals surface area (Å²) in [6.07, 6.45) is 5.35. The van der Waals surface area contributed by atoms with Crippen LogP contribution in [0.5, 0.6) is 0 Å². The van der Waals surface area contributed by atoms with Crippen molar-refractivity contribution in [3.63, 3.8) is 0 Å². The van der Waals surface area contributed by atoms with Crippen molar-refractivity contribution >= 4 is 5.82 Å². The van der Waals surface area contributed by atoms with Crippen molar-refractivity contribution in [2.75, 3.05) is 18.5 Å². The van der Waals surface area contributed by atoms with E-state index in [1.807, 2.05) is 19.3 Å². The van der Waals surface area contributed by atoms with Gasteiger partial charge in [-0.1, -0.05) is 6.08 Å². The minimum absolute atomic E-state index is 0.00499. The Bertz CT molecular complexity index is 368. The quantitative estimate of drug-likeness (QED) is 0.791. The van der Waals surface area contributed by atoms with Crippen molar-refractivity contribution < 1.29 is 0 Å². The second kappa shape index (κ2) is 5.77. The third kappa shape index (κ3) is 3.53. The number of nitrogens with zero attached hydrogens (tertiary/aromatic N) is 3. The van der Waals surface area contributed by atoms with Crippen LogP contribution in [0.25, 0.3) is 0 Å². The van der Waals surface area contributed by atoms with Gasteiger partial charge in [-0.15, -0.1) is 6.58 Å². The van der Waals surface area contributed by atoms with Gasteiger partial charge >= 0.3 is 0 Å². The Labute approximate surface area is 104 Å². The second-order valence-electron chi connectivity index (χ2n) is 4.97. The summed E-state index contributed by atoms with van der Waals surface area (Å²) >= 11 is 0. The highest BCUT2D eigenvalue weighted by molar-refractivity contribution is 5.48. The third-order valence-corrected chi connectivity index (χ3v) is 2.51. The lowest BCUT2D eigenvalue weighted by atomic mass is 10.1. The molecule has 1 rings (SSSR count). The number of nitrogens with one attached hydrogen (secondary N) is 1. The molecule has 0 bridgehead atoms. The maximum atomic E-state index is 4.41. The first-order valence-electron chi connectivity index (χ1n) is 5.82. The standard InChI is InChI=1S/C13H22N4/c1-6-7-17(13(2,3)4)12-11(8-14-5)9-15-10-16-12/h6,9-10,14H,1,7-8H2,2-5H3. The molecule has 0 aromatic carbocycles. The molecule has 0 spiro atoms. The van der Waals surface area contributed by atoms with E-state index in [2.05, 4.69) is 47.5 Å². The van der Waals surface area contributed by atoms with Crippen LogP contribution in [0, 0.1) is 0 Å². The minimum atomic E-state index is 0.00499. The molecule has 0 radical (unpaired) electrons. The van der Waals surface area contributed by atoms with Gasteiger partial charge in [-0.25, -0.2) is 9.97 Å². The molecule has 0 amide bonds. The average Bonchev–Trinajstić information content (AvgIpc) is 2.26. The van der Waals surface area contributed by atoms with Gasteiger partial charge in [-0.2, -0.15) is 0 Å². The van der Waals surface area contributed by atoms with E-state index in [9.17, 15) is 0 Å². The van der Waals surface area contributed by atoms with Crippen molar-refractivity contribution in [3.8, 4) is 0 Å². The van der Waals surface area contributed by atoms with Crippen LogP contribution in [0.1, 0.15) is 26.3 Å². The van der Waals surface area contributed by atoms with Gasteiger partial charge in [0, 0.05) is 30.4 Å². The first-order valence-corrected chi connectivity index (χ1v) is 5.82. The lowest BCUT2D eigenvalue weighted by Gasteiger charge is -2.37. The van der Waals surface area contributed by atoms with E-state index in [1.165, 1.54) is 0 Å².